The van der Waals surface area contributed by atoms with Crippen molar-refractivity contribution in [3.63, 3.8) is 0 Å². The maximum atomic E-state index is 13.3. The third-order valence-electron chi connectivity index (χ3n) is 3.11. The minimum atomic E-state index is -2.73. The highest BCUT2D eigenvalue weighted by atomic mass is 32.2. The van der Waals surface area contributed by atoms with Gasteiger partial charge in [-0.25, -0.2) is 18.3 Å². The van der Waals surface area contributed by atoms with Gasteiger partial charge in [-0.1, -0.05) is 11.3 Å². The van der Waals surface area contributed by atoms with E-state index in [0.29, 0.717) is 21.3 Å². The lowest BCUT2D eigenvalue weighted by atomic mass is 10.2. The number of amides is 1. The van der Waals surface area contributed by atoms with Gasteiger partial charge in [-0.05, 0) is 25.3 Å². The number of carbonyl (C=O) groups excluding carboxylic acids is 1. The first-order valence-electron chi connectivity index (χ1n) is 7.11. The van der Waals surface area contributed by atoms with E-state index in [1.807, 2.05) is 0 Å². The first kappa shape index (κ1) is 18.8. The van der Waals surface area contributed by atoms with E-state index >= 15 is 0 Å². The van der Waals surface area contributed by atoms with Crippen molar-refractivity contribution in [1.82, 2.24) is 14.7 Å². The van der Waals surface area contributed by atoms with E-state index in [9.17, 15) is 13.4 Å². The van der Waals surface area contributed by atoms with Crippen molar-refractivity contribution in [2.75, 3.05) is 11.6 Å². The summed E-state index contributed by atoms with van der Waals surface area (Å²) in [7, 11) is -2.73. The maximum absolute atomic E-state index is 13.3. The molecule has 0 aliphatic rings. The van der Waals surface area contributed by atoms with Gasteiger partial charge in [-0.2, -0.15) is 5.26 Å². The molecule has 2 heterocycles. The largest absolute Gasteiger partial charge is 0.316 e. The zero-order chi connectivity index (χ0) is 18.6. The molecule has 2 atom stereocenters. The lowest BCUT2D eigenvalue weighted by Gasteiger charge is -2.09. The summed E-state index contributed by atoms with van der Waals surface area (Å²) < 4.78 is 27.5. The number of rotatable bonds is 5. The molecule has 2 aromatic rings. The summed E-state index contributed by atoms with van der Waals surface area (Å²) in [4.78, 5) is 20.4. The Labute approximate surface area is 149 Å². The second-order valence-electron chi connectivity index (χ2n) is 5.36. The highest BCUT2D eigenvalue weighted by molar-refractivity contribution is 7.99. The molecule has 0 radical (unpaired) electrons. The van der Waals surface area contributed by atoms with Crippen LogP contribution in [0.25, 0.3) is 10.6 Å². The molecule has 2 aromatic heterocycles. The average Bonchev–Trinajstić information content (AvgIpc) is 2.87. The number of halogens is 1. The number of carbonyl (C=O) groups is 1. The molecule has 1 amide bonds. The van der Waals surface area contributed by atoms with E-state index in [2.05, 4.69) is 20.0 Å². The molecule has 0 spiro atoms. The first-order valence-corrected chi connectivity index (χ1v) is 9.95. The number of nitrogens with one attached hydrogen (secondary N) is 2. The maximum Gasteiger partial charge on any atom is 0.232 e. The van der Waals surface area contributed by atoms with Crippen LogP contribution in [0.5, 0.6) is 0 Å². The van der Waals surface area contributed by atoms with Crippen LogP contribution >= 0.6 is 11.3 Å². The van der Waals surface area contributed by atoms with Crippen LogP contribution < -0.4 is 10.0 Å². The van der Waals surface area contributed by atoms with Crippen LogP contribution in [0.2, 0.25) is 0 Å². The predicted octanol–water partition coefficient (Wildman–Crippen LogP) is 1.93. The van der Waals surface area contributed by atoms with Gasteiger partial charge in [0.25, 0.3) is 0 Å². The van der Waals surface area contributed by atoms with E-state index in [-0.39, 0.29) is 5.91 Å². The molecule has 2 N–H and O–H groups in total. The molecule has 0 saturated carbocycles. The molecule has 7 nitrogen and oxygen atoms in total. The molecule has 0 saturated heterocycles. The Morgan fingerprint density at radius 3 is 2.88 bits per heavy atom. The van der Waals surface area contributed by atoms with Gasteiger partial charge >= 0.3 is 0 Å². The van der Waals surface area contributed by atoms with E-state index < -0.39 is 21.4 Å². The summed E-state index contributed by atoms with van der Waals surface area (Å²) in [5.74, 6) is -1.55. The molecule has 0 fully saturated rings. The number of nitrogens with zero attached hydrogens (tertiary/aromatic N) is 3. The van der Waals surface area contributed by atoms with Crippen molar-refractivity contribution in [3.8, 4) is 16.8 Å². The Kier molecular flexibility index (Phi) is 5.71. The fourth-order valence-electron chi connectivity index (χ4n) is 1.97. The van der Waals surface area contributed by atoms with Gasteiger partial charge in [-0.3, -0.25) is 9.78 Å². The average molecular weight is 381 g/mol. The van der Waals surface area contributed by atoms with Gasteiger partial charge in [0.05, 0.1) is 27.5 Å². The molecule has 0 aliphatic heterocycles. The Morgan fingerprint density at radius 1 is 1.52 bits per heavy atom. The third-order valence-corrected chi connectivity index (χ3v) is 5.66. The van der Waals surface area contributed by atoms with E-state index in [0.717, 1.165) is 6.20 Å². The van der Waals surface area contributed by atoms with Gasteiger partial charge in [0, 0.05) is 18.0 Å². The highest BCUT2D eigenvalue weighted by Gasteiger charge is 2.17. The molecule has 2 rings (SSSR count). The van der Waals surface area contributed by atoms with Crippen LogP contribution in [-0.2, 0) is 14.5 Å². The van der Waals surface area contributed by atoms with E-state index in [1.165, 1.54) is 35.2 Å². The number of aryl methyl sites for hydroxylation is 1. The predicted molar refractivity (Wildman–Crippen MR) is 96.7 cm³/mol. The minimum Gasteiger partial charge on any atom is -0.316 e. The van der Waals surface area contributed by atoms with Crippen LogP contribution in [-0.4, -0.2) is 31.7 Å². The first-order chi connectivity index (χ1) is 11.7. The molecule has 10 heteroatoms. The van der Waals surface area contributed by atoms with Crippen molar-refractivity contribution in [3.05, 3.63) is 30.0 Å². The number of hydrogen-bond donors (Lipinski definition) is 2. The summed E-state index contributed by atoms with van der Waals surface area (Å²) in [5.41, 5.74) is 1.10. The summed E-state index contributed by atoms with van der Waals surface area (Å²) >= 11 is 1.19. The summed E-state index contributed by atoms with van der Waals surface area (Å²) in [6, 6.07) is 1.31. The van der Waals surface area contributed by atoms with Crippen LogP contribution in [0.1, 0.15) is 12.6 Å². The topological polar surface area (TPSA) is 108 Å². The van der Waals surface area contributed by atoms with Gasteiger partial charge in [0.1, 0.15) is 15.8 Å². The molecule has 2 unspecified atom stereocenters. The normalized spacial score (nSPS) is 14.0. The fraction of sp³-hybridized carbons (Fsp3) is 0.267. The standard InChI is InChI=1S/C15H16FN5O2S2/c1-9(7-25(3,23)19-8-17)13(22)21-14-10(2)20-15(24-14)11-4-12(16)6-18-5-11/h4-7,9H,1-3H3,(H,19,23)(H,21,22). The number of nitriles is 1. The monoisotopic (exact) mass is 381 g/mol. The Bertz CT molecular complexity index is 957. The van der Waals surface area contributed by atoms with Crippen LogP contribution in [0.3, 0.4) is 0 Å². The lowest BCUT2D eigenvalue weighted by molar-refractivity contribution is -0.117. The summed E-state index contributed by atoms with van der Waals surface area (Å²) in [6.07, 6.45) is 5.53. The molecular weight excluding hydrogens is 365 g/mol. The number of aromatic nitrogens is 2. The molecular formula is C15H16FN5O2S2. The molecule has 132 valence electrons. The molecule has 0 aliphatic carbocycles. The second kappa shape index (κ2) is 7.58. The molecule has 0 bridgehead atoms. The van der Waals surface area contributed by atoms with Crippen LogP contribution in [0.4, 0.5) is 9.39 Å². The van der Waals surface area contributed by atoms with Crippen molar-refractivity contribution in [2.24, 2.45) is 5.92 Å². The fourth-order valence-corrected chi connectivity index (χ4v) is 4.07. The SMILES string of the molecule is Cc1nc(-c2cncc(F)c2)sc1NC(=O)C(C)C=S(C)(=O)NC#N. The van der Waals surface area contributed by atoms with Crippen molar-refractivity contribution >= 4 is 37.3 Å². The third kappa shape index (κ3) is 4.98. The summed E-state index contributed by atoms with van der Waals surface area (Å²) in [5, 5.41) is 13.6. The van der Waals surface area contributed by atoms with Gasteiger partial charge in [-0.15, -0.1) is 0 Å². The van der Waals surface area contributed by atoms with Crippen LogP contribution in [0.15, 0.2) is 18.5 Å². The smallest absolute Gasteiger partial charge is 0.232 e. The number of pyridine rings is 1. The Hall–Kier alpha value is -2.51. The van der Waals surface area contributed by atoms with Crippen molar-refractivity contribution < 1.29 is 13.4 Å². The van der Waals surface area contributed by atoms with Gasteiger partial charge in [0.2, 0.25) is 5.91 Å². The summed E-state index contributed by atoms with van der Waals surface area (Å²) in [6.45, 7) is 3.29. The molecule has 25 heavy (non-hydrogen) atoms. The van der Waals surface area contributed by atoms with Crippen molar-refractivity contribution in [2.45, 2.75) is 13.8 Å². The Balaban J connectivity index is 2.20. The molecule has 0 aromatic carbocycles. The zero-order valence-corrected chi connectivity index (χ0v) is 15.4. The Morgan fingerprint density at radius 2 is 2.24 bits per heavy atom. The van der Waals surface area contributed by atoms with Crippen molar-refractivity contribution in [1.29, 1.82) is 5.26 Å². The number of thiazole rings is 1. The van der Waals surface area contributed by atoms with E-state index in [4.69, 9.17) is 5.26 Å². The number of hydrogen-bond acceptors (Lipinski definition) is 6. The van der Waals surface area contributed by atoms with Gasteiger partial charge in [0.15, 0.2) is 6.19 Å². The highest BCUT2D eigenvalue weighted by Crippen LogP contribution is 2.31. The zero-order valence-electron chi connectivity index (χ0n) is 13.7. The quantitative estimate of drug-likeness (QED) is 0.467. The minimum absolute atomic E-state index is 0.384. The lowest BCUT2D eigenvalue weighted by Crippen LogP contribution is -2.27. The van der Waals surface area contributed by atoms with Crippen LogP contribution in [0, 0.1) is 30.1 Å². The van der Waals surface area contributed by atoms with Gasteiger partial charge < -0.3 is 5.32 Å². The number of anilines is 1. The van der Waals surface area contributed by atoms with E-state index in [1.54, 1.807) is 20.0 Å². The second-order valence-corrected chi connectivity index (χ2v) is 8.64.